The van der Waals surface area contributed by atoms with Crippen LogP contribution in [0.2, 0.25) is 0 Å². The number of rotatable bonds is 6. The maximum absolute atomic E-state index is 12.7. The summed E-state index contributed by atoms with van der Waals surface area (Å²) in [5.41, 5.74) is 0.406. The van der Waals surface area contributed by atoms with Gasteiger partial charge < -0.3 is 20.5 Å². The van der Waals surface area contributed by atoms with Crippen molar-refractivity contribution in [2.24, 2.45) is 5.92 Å². The van der Waals surface area contributed by atoms with Gasteiger partial charge in [0.1, 0.15) is 17.6 Å². The van der Waals surface area contributed by atoms with Crippen molar-refractivity contribution < 1.29 is 24.2 Å². The summed E-state index contributed by atoms with van der Waals surface area (Å²) in [5, 5.41) is 14.4. The molecule has 0 radical (unpaired) electrons. The van der Waals surface area contributed by atoms with Gasteiger partial charge in [-0.15, -0.1) is 0 Å². The monoisotopic (exact) mass is 372 g/mol. The summed E-state index contributed by atoms with van der Waals surface area (Å²) in [7, 11) is 0. The quantitative estimate of drug-likeness (QED) is 0.711. The molecule has 2 atom stereocenters. The second kappa shape index (κ2) is 8.53. The third-order valence-electron chi connectivity index (χ3n) is 3.74. The van der Waals surface area contributed by atoms with Gasteiger partial charge in [0.05, 0.1) is 0 Å². The van der Waals surface area contributed by atoms with Crippen LogP contribution in [0.25, 0.3) is 0 Å². The van der Waals surface area contributed by atoms with E-state index in [9.17, 15) is 19.5 Å². The fourth-order valence-electron chi connectivity index (χ4n) is 2.55. The van der Waals surface area contributed by atoms with Crippen LogP contribution in [0.15, 0.2) is 54.3 Å². The van der Waals surface area contributed by atoms with Gasteiger partial charge in [-0.1, -0.05) is 42.5 Å². The van der Waals surface area contributed by atoms with Crippen molar-refractivity contribution >= 4 is 18.0 Å². The molecule has 1 unspecified atom stereocenters. The smallest absolute Gasteiger partial charge is 0.408 e. The lowest BCUT2D eigenvalue weighted by molar-refractivity contribution is -0.139. The summed E-state index contributed by atoms with van der Waals surface area (Å²) in [6, 6.07) is 8.29. The number of hydrogen-bond donors (Lipinski definition) is 3. The van der Waals surface area contributed by atoms with E-state index >= 15 is 0 Å². The fourth-order valence-corrected chi connectivity index (χ4v) is 2.55. The van der Waals surface area contributed by atoms with E-state index in [0.29, 0.717) is 0 Å². The number of aliphatic carboxylic acids is 1. The van der Waals surface area contributed by atoms with Crippen LogP contribution in [-0.2, 0) is 20.7 Å². The zero-order chi connectivity index (χ0) is 20.0. The molecule has 1 aromatic carbocycles. The molecule has 0 heterocycles. The van der Waals surface area contributed by atoms with E-state index in [1.54, 1.807) is 26.8 Å². The Kier molecular flexibility index (Phi) is 6.39. The number of amides is 2. The van der Waals surface area contributed by atoms with Crippen molar-refractivity contribution in [1.29, 1.82) is 0 Å². The standard InChI is InChI=1S/C20H24N2O5/c1-20(2,3)27-19(26)22-16(12-13-8-5-4-6-9-13)17(23)21-15-11-7-10-14(15)18(24)25/h4-11,14,16H,12H2,1-3H3,(H,21,23)(H,22,26)(H,24,25)/t14?,16-/m0/s1. The molecule has 0 saturated heterocycles. The predicted molar refractivity (Wildman–Crippen MR) is 99.8 cm³/mol. The van der Waals surface area contributed by atoms with E-state index < -0.39 is 35.5 Å². The zero-order valence-corrected chi connectivity index (χ0v) is 15.6. The average Bonchev–Trinajstić information content (AvgIpc) is 3.01. The summed E-state index contributed by atoms with van der Waals surface area (Å²) in [4.78, 5) is 36.1. The van der Waals surface area contributed by atoms with Crippen molar-refractivity contribution in [3.8, 4) is 0 Å². The highest BCUT2D eigenvalue weighted by atomic mass is 16.6. The molecule has 0 bridgehead atoms. The van der Waals surface area contributed by atoms with Crippen LogP contribution in [0.4, 0.5) is 4.79 Å². The molecule has 0 saturated carbocycles. The Hall–Kier alpha value is -3.09. The van der Waals surface area contributed by atoms with Gasteiger partial charge in [0.25, 0.3) is 0 Å². The third-order valence-corrected chi connectivity index (χ3v) is 3.74. The van der Waals surface area contributed by atoms with Crippen LogP contribution in [0.1, 0.15) is 26.3 Å². The van der Waals surface area contributed by atoms with Crippen molar-refractivity contribution in [3.63, 3.8) is 0 Å². The van der Waals surface area contributed by atoms with Gasteiger partial charge in [-0.05, 0) is 32.4 Å². The molecular weight excluding hydrogens is 348 g/mol. The van der Waals surface area contributed by atoms with Crippen molar-refractivity contribution in [2.75, 3.05) is 0 Å². The number of allylic oxidation sites excluding steroid dienone is 2. The summed E-state index contributed by atoms with van der Waals surface area (Å²) < 4.78 is 5.23. The fraction of sp³-hybridized carbons (Fsp3) is 0.350. The minimum absolute atomic E-state index is 0.240. The van der Waals surface area contributed by atoms with Crippen molar-refractivity contribution in [3.05, 3.63) is 59.8 Å². The van der Waals surface area contributed by atoms with E-state index in [-0.39, 0.29) is 12.1 Å². The van der Waals surface area contributed by atoms with E-state index in [2.05, 4.69) is 10.6 Å². The van der Waals surface area contributed by atoms with Gasteiger partial charge >= 0.3 is 12.1 Å². The van der Waals surface area contributed by atoms with Crippen LogP contribution >= 0.6 is 0 Å². The minimum atomic E-state index is -1.06. The molecule has 0 aromatic heterocycles. The topological polar surface area (TPSA) is 105 Å². The minimum Gasteiger partial charge on any atom is -0.481 e. The molecule has 7 nitrogen and oxygen atoms in total. The number of ether oxygens (including phenoxy) is 1. The summed E-state index contributed by atoms with van der Waals surface area (Å²) in [6.45, 7) is 5.18. The molecule has 0 aliphatic heterocycles. The highest BCUT2D eigenvalue weighted by Crippen LogP contribution is 2.17. The van der Waals surface area contributed by atoms with Gasteiger partial charge in [0.2, 0.25) is 5.91 Å². The van der Waals surface area contributed by atoms with Gasteiger partial charge in [-0.3, -0.25) is 9.59 Å². The molecule has 27 heavy (non-hydrogen) atoms. The Bertz CT molecular complexity index is 762. The number of carboxylic acids is 1. The normalized spacial score (nSPS) is 17.0. The number of carbonyl (C=O) groups excluding carboxylic acids is 2. The van der Waals surface area contributed by atoms with Crippen LogP contribution in [0, 0.1) is 5.92 Å². The van der Waals surface area contributed by atoms with Crippen molar-refractivity contribution in [2.45, 2.75) is 38.8 Å². The van der Waals surface area contributed by atoms with Gasteiger partial charge in [0, 0.05) is 12.1 Å². The average molecular weight is 372 g/mol. The molecular formula is C20H24N2O5. The summed E-state index contributed by atoms with van der Waals surface area (Å²) in [5.74, 6) is -2.48. The maximum atomic E-state index is 12.7. The predicted octanol–water partition coefficient (Wildman–Crippen LogP) is 2.39. The SMILES string of the molecule is CC(C)(C)OC(=O)N[C@@H](Cc1ccccc1)C(=O)NC1=CC=CC1C(=O)O. The van der Waals surface area contributed by atoms with Gasteiger partial charge in [-0.25, -0.2) is 4.79 Å². The summed E-state index contributed by atoms with van der Waals surface area (Å²) in [6.07, 6.45) is 4.11. The Balaban J connectivity index is 2.12. The molecule has 7 heteroatoms. The van der Waals surface area contributed by atoms with Crippen LogP contribution in [-0.4, -0.2) is 34.7 Å². The number of alkyl carbamates (subject to hydrolysis) is 1. The second-order valence-corrected chi connectivity index (χ2v) is 7.20. The van der Waals surface area contributed by atoms with Crippen molar-refractivity contribution in [1.82, 2.24) is 10.6 Å². The lowest BCUT2D eigenvalue weighted by atomic mass is 10.0. The first kappa shape index (κ1) is 20.2. The maximum Gasteiger partial charge on any atom is 0.408 e. The second-order valence-electron chi connectivity index (χ2n) is 7.20. The Morgan fingerprint density at radius 3 is 2.44 bits per heavy atom. The largest absolute Gasteiger partial charge is 0.481 e. The molecule has 2 amide bonds. The molecule has 3 N–H and O–H groups in total. The Morgan fingerprint density at radius 1 is 1.19 bits per heavy atom. The Morgan fingerprint density at radius 2 is 1.85 bits per heavy atom. The summed E-state index contributed by atoms with van der Waals surface area (Å²) >= 11 is 0. The van der Waals surface area contributed by atoms with Gasteiger partial charge in [-0.2, -0.15) is 0 Å². The first-order valence-corrected chi connectivity index (χ1v) is 8.61. The van der Waals surface area contributed by atoms with Gasteiger partial charge in [0.15, 0.2) is 0 Å². The van der Waals surface area contributed by atoms with E-state index in [0.717, 1.165) is 5.56 Å². The number of carboxylic acid groups (broad SMARTS) is 1. The molecule has 144 valence electrons. The lowest BCUT2D eigenvalue weighted by Crippen LogP contribution is -2.49. The molecule has 0 spiro atoms. The Labute approximate surface area is 158 Å². The molecule has 1 aromatic rings. The third kappa shape index (κ3) is 6.29. The highest BCUT2D eigenvalue weighted by Gasteiger charge is 2.29. The first-order valence-electron chi connectivity index (χ1n) is 8.61. The zero-order valence-electron chi connectivity index (χ0n) is 15.6. The van der Waals surface area contributed by atoms with Crippen LogP contribution < -0.4 is 10.6 Å². The molecule has 0 fully saturated rings. The number of benzene rings is 1. The molecule has 1 aliphatic carbocycles. The number of nitrogens with one attached hydrogen (secondary N) is 2. The number of carbonyl (C=O) groups is 3. The highest BCUT2D eigenvalue weighted by molar-refractivity contribution is 5.89. The first-order chi connectivity index (χ1) is 12.7. The van der Waals surface area contributed by atoms with E-state index in [1.165, 1.54) is 12.2 Å². The molecule has 1 aliphatic rings. The van der Waals surface area contributed by atoms with E-state index in [4.69, 9.17) is 4.74 Å². The number of hydrogen-bond acceptors (Lipinski definition) is 4. The molecule has 2 rings (SSSR count). The van der Waals surface area contributed by atoms with E-state index in [1.807, 2.05) is 30.3 Å². The van der Waals surface area contributed by atoms with Crippen LogP contribution in [0.3, 0.4) is 0 Å². The lowest BCUT2D eigenvalue weighted by Gasteiger charge is -2.24. The van der Waals surface area contributed by atoms with Crippen LogP contribution in [0.5, 0.6) is 0 Å².